The minimum atomic E-state index is -1.46. The quantitative estimate of drug-likeness (QED) is 0.197. The SMILES string of the molecule is C1C[NH2+]CC[NH2+]1.O.O.O.O.O=C([O-])CN1C(=O)c2cccc3cccc(c23)C1=O.O=C([O-])CN1C(=O)c2cccc3cccc(c23)C1=O. The molecule has 3 aliphatic rings. The lowest BCUT2D eigenvalue weighted by molar-refractivity contribution is -0.787. The number of hydrogen-bond acceptors (Lipinski definition) is 8. The molecule has 256 valence electrons. The monoisotopic (exact) mass is 668 g/mol. The number of carboxylic acids is 2. The van der Waals surface area contributed by atoms with Crippen molar-refractivity contribution in [1.29, 1.82) is 0 Å². The van der Waals surface area contributed by atoms with Crippen LogP contribution in [0.3, 0.4) is 0 Å². The van der Waals surface area contributed by atoms with Crippen LogP contribution >= 0.6 is 0 Å². The van der Waals surface area contributed by atoms with Gasteiger partial charge in [-0.1, -0.05) is 48.5 Å². The first-order valence-electron chi connectivity index (χ1n) is 14.0. The molecule has 1 saturated heterocycles. The Bertz CT molecular complexity index is 1600. The third-order valence-electron chi connectivity index (χ3n) is 7.44. The van der Waals surface area contributed by atoms with Crippen molar-refractivity contribution in [2.75, 3.05) is 39.3 Å². The Labute approximate surface area is 272 Å². The van der Waals surface area contributed by atoms with E-state index >= 15 is 0 Å². The molecule has 0 aliphatic carbocycles. The number of rotatable bonds is 4. The highest BCUT2D eigenvalue weighted by atomic mass is 16.4. The van der Waals surface area contributed by atoms with E-state index in [-0.39, 0.29) is 21.9 Å². The van der Waals surface area contributed by atoms with Crippen molar-refractivity contribution in [3.8, 4) is 0 Å². The number of piperazine rings is 1. The Balaban J connectivity index is 0.000000382. The zero-order chi connectivity index (χ0) is 31.4. The number of imide groups is 2. The number of quaternary nitrogens is 2. The average molecular weight is 669 g/mol. The third-order valence-corrected chi connectivity index (χ3v) is 7.44. The molecular weight excluding hydrogens is 632 g/mol. The molecule has 0 atom stereocenters. The van der Waals surface area contributed by atoms with Gasteiger partial charge in [0.25, 0.3) is 23.6 Å². The number of carbonyl (C=O) groups excluding carboxylic acids is 6. The molecule has 16 heteroatoms. The summed E-state index contributed by atoms with van der Waals surface area (Å²) in [6.07, 6.45) is 0. The molecule has 1 fully saturated rings. The second-order valence-electron chi connectivity index (χ2n) is 10.3. The molecule has 0 unspecified atom stereocenters. The van der Waals surface area contributed by atoms with Crippen LogP contribution in [-0.4, -0.2) is 107 Å². The molecule has 0 saturated carbocycles. The third kappa shape index (κ3) is 8.02. The second kappa shape index (κ2) is 17.3. The molecule has 4 amide bonds. The van der Waals surface area contributed by atoms with Gasteiger partial charge in [-0.25, -0.2) is 0 Å². The van der Waals surface area contributed by atoms with Gasteiger partial charge in [-0.2, -0.15) is 0 Å². The van der Waals surface area contributed by atoms with E-state index in [1.807, 2.05) is 0 Å². The van der Waals surface area contributed by atoms with Gasteiger partial charge in [-0.3, -0.25) is 29.0 Å². The maximum atomic E-state index is 12.2. The van der Waals surface area contributed by atoms with E-state index in [2.05, 4.69) is 10.6 Å². The Morgan fingerprint density at radius 2 is 0.750 bits per heavy atom. The highest BCUT2D eigenvalue weighted by Gasteiger charge is 2.33. The predicted octanol–water partition coefficient (Wildman–Crippen LogP) is -5.80. The van der Waals surface area contributed by atoms with E-state index < -0.39 is 48.7 Å². The summed E-state index contributed by atoms with van der Waals surface area (Å²) in [5.41, 5.74) is 1.37. The summed E-state index contributed by atoms with van der Waals surface area (Å²) < 4.78 is 0. The van der Waals surface area contributed by atoms with Gasteiger partial charge >= 0.3 is 0 Å². The molecule has 3 aliphatic heterocycles. The molecular formula is C32H36N4O12. The second-order valence-corrected chi connectivity index (χ2v) is 10.3. The van der Waals surface area contributed by atoms with Crippen molar-refractivity contribution in [2.45, 2.75) is 0 Å². The summed E-state index contributed by atoms with van der Waals surface area (Å²) in [6, 6.07) is 20.4. The molecule has 12 N–H and O–H groups in total. The number of carbonyl (C=O) groups is 6. The number of aliphatic carboxylic acids is 2. The Kier molecular flexibility index (Phi) is 14.6. The fourth-order valence-electron chi connectivity index (χ4n) is 5.47. The fraction of sp³-hybridized carbons (Fsp3) is 0.188. The summed E-state index contributed by atoms with van der Waals surface area (Å²) in [7, 11) is 0. The van der Waals surface area contributed by atoms with Crippen molar-refractivity contribution >= 4 is 57.1 Å². The minimum Gasteiger partial charge on any atom is -0.548 e. The van der Waals surface area contributed by atoms with Crippen LogP contribution in [0, 0.1) is 0 Å². The summed E-state index contributed by atoms with van der Waals surface area (Å²) in [5.74, 6) is -5.32. The van der Waals surface area contributed by atoms with Crippen LogP contribution < -0.4 is 20.8 Å². The first-order chi connectivity index (χ1) is 21.2. The molecule has 0 radical (unpaired) electrons. The van der Waals surface area contributed by atoms with E-state index in [0.29, 0.717) is 42.8 Å². The standard InChI is InChI=1S/2C14H9NO4.C4H10N2.4H2O/c2*16-11(17)7-15-13(18)9-5-1-3-8-4-2-6-10(12(8)9)14(15)19;1-2-6-4-3-5-1;;;;/h2*1-6H,7H2,(H,16,17);5-6H,1-4H2;4*1H2. The molecule has 48 heavy (non-hydrogen) atoms. The number of nitrogens with zero attached hydrogens (tertiary/aromatic N) is 2. The Hall–Kier alpha value is -5.62. The lowest BCUT2D eigenvalue weighted by Crippen LogP contribution is -3.04. The van der Waals surface area contributed by atoms with Crippen LogP contribution in [0.5, 0.6) is 0 Å². The van der Waals surface area contributed by atoms with Crippen molar-refractivity contribution in [3.05, 3.63) is 95.1 Å². The van der Waals surface area contributed by atoms with Crippen LogP contribution in [0.4, 0.5) is 0 Å². The van der Waals surface area contributed by atoms with Crippen LogP contribution in [0.25, 0.3) is 21.5 Å². The maximum Gasteiger partial charge on any atom is 0.261 e. The van der Waals surface area contributed by atoms with Crippen LogP contribution in [-0.2, 0) is 9.59 Å². The number of amides is 4. The van der Waals surface area contributed by atoms with Crippen LogP contribution in [0.1, 0.15) is 41.4 Å². The maximum absolute atomic E-state index is 12.2. The molecule has 0 bridgehead atoms. The smallest absolute Gasteiger partial charge is 0.261 e. The average Bonchev–Trinajstić information content (AvgIpc) is 3.04. The molecule has 0 spiro atoms. The van der Waals surface area contributed by atoms with E-state index in [0.717, 1.165) is 10.8 Å². The van der Waals surface area contributed by atoms with Gasteiger partial charge in [0, 0.05) is 33.0 Å². The summed E-state index contributed by atoms with van der Waals surface area (Å²) in [4.78, 5) is 71.4. The van der Waals surface area contributed by atoms with Crippen LogP contribution in [0.2, 0.25) is 0 Å². The van der Waals surface area contributed by atoms with Crippen molar-refractivity contribution in [1.82, 2.24) is 9.80 Å². The molecule has 0 aromatic heterocycles. The number of carboxylic acid groups (broad SMARTS) is 2. The van der Waals surface area contributed by atoms with Gasteiger partial charge in [0.2, 0.25) is 0 Å². The topological polar surface area (TPSA) is 314 Å². The molecule has 3 heterocycles. The fourth-order valence-corrected chi connectivity index (χ4v) is 5.47. The molecule has 4 aromatic rings. The van der Waals surface area contributed by atoms with Gasteiger partial charge in [0.05, 0.1) is 25.0 Å². The zero-order valence-electron chi connectivity index (χ0n) is 25.5. The normalized spacial score (nSPS) is 14.1. The lowest BCUT2D eigenvalue weighted by Gasteiger charge is -2.27. The number of hydrogen-bond donors (Lipinski definition) is 2. The number of benzene rings is 4. The first kappa shape index (κ1) is 40.4. The summed E-state index contributed by atoms with van der Waals surface area (Å²) >= 11 is 0. The van der Waals surface area contributed by atoms with E-state index in [1.54, 1.807) is 72.8 Å². The van der Waals surface area contributed by atoms with Gasteiger partial charge in [-0.15, -0.1) is 0 Å². The van der Waals surface area contributed by atoms with Gasteiger partial charge in [0.1, 0.15) is 26.2 Å². The highest BCUT2D eigenvalue weighted by Crippen LogP contribution is 2.30. The van der Waals surface area contributed by atoms with E-state index in [4.69, 9.17) is 0 Å². The summed E-state index contributed by atoms with van der Waals surface area (Å²) in [6.45, 7) is 3.81. The van der Waals surface area contributed by atoms with Crippen molar-refractivity contribution in [2.24, 2.45) is 0 Å². The van der Waals surface area contributed by atoms with Gasteiger partial charge in [0.15, 0.2) is 0 Å². The predicted molar refractivity (Wildman–Crippen MR) is 166 cm³/mol. The molecule has 4 aromatic carbocycles. The Morgan fingerprint density at radius 3 is 0.958 bits per heavy atom. The lowest BCUT2D eigenvalue weighted by atomic mass is 9.94. The van der Waals surface area contributed by atoms with Crippen molar-refractivity contribution < 1.29 is 71.5 Å². The summed E-state index contributed by atoms with van der Waals surface area (Å²) in [5, 5.41) is 28.8. The molecule has 16 nitrogen and oxygen atoms in total. The van der Waals surface area contributed by atoms with E-state index in [9.17, 15) is 39.0 Å². The highest BCUT2D eigenvalue weighted by molar-refractivity contribution is 6.27. The van der Waals surface area contributed by atoms with Crippen molar-refractivity contribution in [3.63, 3.8) is 0 Å². The minimum absolute atomic E-state index is 0. The largest absolute Gasteiger partial charge is 0.548 e. The van der Waals surface area contributed by atoms with Crippen LogP contribution in [0.15, 0.2) is 72.8 Å². The first-order valence-corrected chi connectivity index (χ1v) is 14.0. The molecule has 7 rings (SSSR count). The van der Waals surface area contributed by atoms with E-state index in [1.165, 1.54) is 26.2 Å². The van der Waals surface area contributed by atoms with Gasteiger partial charge < -0.3 is 52.3 Å². The zero-order valence-corrected chi connectivity index (χ0v) is 25.5. The Morgan fingerprint density at radius 1 is 0.500 bits per heavy atom. The number of nitrogens with two attached hydrogens (primary N) is 2. The van der Waals surface area contributed by atoms with Gasteiger partial charge in [-0.05, 0) is 35.0 Å².